The van der Waals surface area contributed by atoms with Crippen LogP contribution in [0.1, 0.15) is 21.6 Å². The zero-order valence-corrected chi connectivity index (χ0v) is 17.2. The fraction of sp³-hybridized carbons (Fsp3) is 0.0952. The second kappa shape index (κ2) is 7.55. The number of aromatic amines is 1. The average molecular weight is 442 g/mol. The third-order valence-electron chi connectivity index (χ3n) is 4.67. The number of anilines is 1. The molecule has 0 spiro atoms. The maximum Gasteiger partial charge on any atom is 0.229 e. The van der Waals surface area contributed by atoms with Crippen molar-refractivity contribution >= 4 is 32.5 Å². The number of pyridine rings is 1. The first kappa shape index (κ1) is 20.6. The number of ketones is 1. The van der Waals surface area contributed by atoms with Crippen molar-refractivity contribution in [3.8, 4) is 11.1 Å². The van der Waals surface area contributed by atoms with Crippen molar-refractivity contribution < 1.29 is 22.0 Å². The number of hydrogen-bond acceptors (Lipinski definition) is 5. The molecule has 2 aromatic heterocycles. The first-order valence-corrected chi connectivity index (χ1v) is 10.9. The van der Waals surface area contributed by atoms with Crippen LogP contribution < -0.4 is 4.72 Å². The number of aryl methyl sites for hydroxylation is 1. The summed E-state index contributed by atoms with van der Waals surface area (Å²) in [6.07, 6.45) is 2.43. The number of H-pyrrole nitrogens is 1. The van der Waals surface area contributed by atoms with E-state index in [0.717, 1.165) is 11.8 Å². The maximum absolute atomic E-state index is 14.8. The van der Waals surface area contributed by atoms with E-state index in [1.807, 2.05) is 4.72 Å². The molecule has 7 nitrogen and oxygen atoms in total. The molecule has 0 saturated heterocycles. The highest BCUT2D eigenvalue weighted by Gasteiger charge is 2.22. The molecule has 4 aromatic rings. The monoisotopic (exact) mass is 442 g/mol. The van der Waals surface area contributed by atoms with Gasteiger partial charge in [-0.05, 0) is 48.4 Å². The third kappa shape index (κ3) is 4.02. The van der Waals surface area contributed by atoms with Crippen LogP contribution in [0.5, 0.6) is 0 Å². The Balaban J connectivity index is 1.80. The molecule has 0 unspecified atom stereocenters. The number of carbonyl (C=O) groups is 1. The molecular formula is C21H16F2N4O3S. The summed E-state index contributed by atoms with van der Waals surface area (Å²) in [5.41, 5.74) is 1.62. The highest BCUT2D eigenvalue weighted by atomic mass is 32.2. The standard InChI is InChI=1S/C21H16F2N4O3S/c1-11-8-13(22)6-7-14(11)12-9-16-19(25-26-21(16)24-10-12)20(28)15-4-3-5-17(18(15)23)27-31(2,29)30/h3-10,27H,1-2H3,(H,24,25,26). The third-order valence-corrected chi connectivity index (χ3v) is 5.27. The molecule has 2 heterocycles. The van der Waals surface area contributed by atoms with Crippen molar-refractivity contribution in [3.63, 3.8) is 0 Å². The first-order valence-electron chi connectivity index (χ1n) is 9.05. The number of carbonyl (C=O) groups excluding carboxylic acids is 1. The summed E-state index contributed by atoms with van der Waals surface area (Å²) in [5, 5.41) is 6.93. The maximum atomic E-state index is 14.8. The van der Waals surface area contributed by atoms with Crippen molar-refractivity contribution in [2.75, 3.05) is 11.0 Å². The summed E-state index contributed by atoms with van der Waals surface area (Å²) in [6, 6.07) is 9.81. The molecular weight excluding hydrogens is 426 g/mol. The van der Waals surface area contributed by atoms with Crippen LogP contribution in [0.3, 0.4) is 0 Å². The smallest absolute Gasteiger partial charge is 0.229 e. The Bertz CT molecular complexity index is 1450. The molecule has 31 heavy (non-hydrogen) atoms. The van der Waals surface area contributed by atoms with Crippen LogP contribution in [0.15, 0.2) is 48.7 Å². The van der Waals surface area contributed by atoms with E-state index in [1.54, 1.807) is 25.3 Å². The van der Waals surface area contributed by atoms with Crippen molar-refractivity contribution in [3.05, 3.63) is 77.1 Å². The molecule has 0 atom stereocenters. The Labute approximate surface area is 176 Å². The van der Waals surface area contributed by atoms with E-state index in [4.69, 9.17) is 0 Å². The van der Waals surface area contributed by atoms with Gasteiger partial charge in [-0.15, -0.1) is 0 Å². The normalized spacial score (nSPS) is 11.6. The Morgan fingerprint density at radius 1 is 1.13 bits per heavy atom. The predicted molar refractivity (Wildman–Crippen MR) is 112 cm³/mol. The minimum Gasteiger partial charge on any atom is -0.287 e. The molecule has 0 saturated carbocycles. The lowest BCUT2D eigenvalue weighted by Gasteiger charge is -2.09. The second-order valence-corrected chi connectivity index (χ2v) is 8.77. The Hall–Kier alpha value is -3.66. The zero-order valence-electron chi connectivity index (χ0n) is 16.4. The van der Waals surface area contributed by atoms with Gasteiger partial charge in [-0.1, -0.05) is 12.1 Å². The second-order valence-electron chi connectivity index (χ2n) is 7.02. The van der Waals surface area contributed by atoms with Gasteiger partial charge in [-0.2, -0.15) is 5.10 Å². The molecule has 0 aliphatic carbocycles. The Morgan fingerprint density at radius 3 is 2.61 bits per heavy atom. The fourth-order valence-electron chi connectivity index (χ4n) is 3.29. The average Bonchev–Trinajstić information content (AvgIpc) is 3.11. The number of nitrogens with one attached hydrogen (secondary N) is 2. The highest BCUT2D eigenvalue weighted by molar-refractivity contribution is 7.92. The van der Waals surface area contributed by atoms with Crippen LogP contribution in [0.25, 0.3) is 22.2 Å². The number of halogens is 2. The van der Waals surface area contributed by atoms with Gasteiger partial charge < -0.3 is 0 Å². The summed E-state index contributed by atoms with van der Waals surface area (Å²) in [7, 11) is -3.73. The molecule has 0 fully saturated rings. The van der Waals surface area contributed by atoms with Crippen molar-refractivity contribution in [2.45, 2.75) is 6.92 Å². The molecule has 10 heteroatoms. The number of fused-ring (bicyclic) bond motifs is 1. The number of sulfonamides is 1. The predicted octanol–water partition coefficient (Wildman–Crippen LogP) is 3.81. The first-order chi connectivity index (χ1) is 14.6. The molecule has 0 amide bonds. The molecule has 0 aliphatic heterocycles. The van der Waals surface area contributed by atoms with Gasteiger partial charge in [0, 0.05) is 11.8 Å². The van der Waals surface area contributed by atoms with Crippen LogP contribution in [0.2, 0.25) is 0 Å². The topological polar surface area (TPSA) is 105 Å². The van der Waals surface area contributed by atoms with Crippen LogP contribution >= 0.6 is 0 Å². The van der Waals surface area contributed by atoms with E-state index < -0.39 is 21.6 Å². The summed E-state index contributed by atoms with van der Waals surface area (Å²) in [6.45, 7) is 1.75. The lowest BCUT2D eigenvalue weighted by molar-refractivity contribution is 0.103. The van der Waals surface area contributed by atoms with Gasteiger partial charge in [0.15, 0.2) is 11.5 Å². The molecule has 0 bridgehead atoms. The molecule has 2 aromatic carbocycles. The van der Waals surface area contributed by atoms with Gasteiger partial charge in [-0.3, -0.25) is 14.6 Å². The highest BCUT2D eigenvalue weighted by Crippen LogP contribution is 2.29. The summed E-state index contributed by atoms with van der Waals surface area (Å²) >= 11 is 0. The lowest BCUT2D eigenvalue weighted by atomic mass is 9.99. The molecule has 2 N–H and O–H groups in total. The van der Waals surface area contributed by atoms with Crippen LogP contribution in [-0.4, -0.2) is 35.6 Å². The molecule has 4 rings (SSSR count). The fourth-order valence-corrected chi connectivity index (χ4v) is 3.85. The lowest BCUT2D eigenvalue weighted by Crippen LogP contribution is -2.13. The number of hydrogen-bond donors (Lipinski definition) is 2. The summed E-state index contributed by atoms with van der Waals surface area (Å²) < 4.78 is 53.2. The van der Waals surface area contributed by atoms with Crippen molar-refractivity contribution in [1.29, 1.82) is 0 Å². The number of benzene rings is 2. The largest absolute Gasteiger partial charge is 0.287 e. The summed E-state index contributed by atoms with van der Waals surface area (Å²) in [5.74, 6) is -2.08. The minimum absolute atomic E-state index is 0.000444. The quantitative estimate of drug-likeness (QED) is 0.457. The van der Waals surface area contributed by atoms with Crippen LogP contribution in [-0.2, 0) is 10.0 Å². The van der Waals surface area contributed by atoms with E-state index in [2.05, 4.69) is 15.2 Å². The van der Waals surface area contributed by atoms with Gasteiger partial charge >= 0.3 is 0 Å². The Kier molecular flexibility index (Phi) is 5.02. The Morgan fingerprint density at radius 2 is 1.90 bits per heavy atom. The van der Waals surface area contributed by atoms with E-state index in [-0.39, 0.29) is 28.4 Å². The van der Waals surface area contributed by atoms with Gasteiger partial charge in [0.2, 0.25) is 15.8 Å². The van der Waals surface area contributed by atoms with Gasteiger partial charge in [0.25, 0.3) is 0 Å². The van der Waals surface area contributed by atoms with Gasteiger partial charge in [0.1, 0.15) is 11.5 Å². The van der Waals surface area contributed by atoms with Gasteiger partial charge in [0.05, 0.1) is 22.9 Å². The van der Waals surface area contributed by atoms with E-state index in [0.29, 0.717) is 16.5 Å². The van der Waals surface area contributed by atoms with Crippen molar-refractivity contribution in [1.82, 2.24) is 15.2 Å². The number of aromatic nitrogens is 3. The SMILES string of the molecule is Cc1cc(F)ccc1-c1cnc2n[nH]c(C(=O)c3cccc(NS(C)(=O)=O)c3F)c2c1. The van der Waals surface area contributed by atoms with Crippen molar-refractivity contribution in [2.24, 2.45) is 0 Å². The zero-order chi connectivity index (χ0) is 22.3. The van der Waals surface area contributed by atoms with Crippen LogP contribution in [0, 0.1) is 18.6 Å². The van der Waals surface area contributed by atoms with Gasteiger partial charge in [-0.25, -0.2) is 22.2 Å². The van der Waals surface area contributed by atoms with E-state index >= 15 is 0 Å². The van der Waals surface area contributed by atoms with E-state index in [1.165, 1.54) is 30.3 Å². The number of nitrogens with zero attached hydrogens (tertiary/aromatic N) is 2. The minimum atomic E-state index is -3.73. The summed E-state index contributed by atoms with van der Waals surface area (Å²) in [4.78, 5) is 17.3. The molecule has 0 aliphatic rings. The van der Waals surface area contributed by atoms with E-state index in [9.17, 15) is 22.0 Å². The molecule has 158 valence electrons. The number of rotatable bonds is 5. The molecule has 0 radical (unpaired) electrons. The van der Waals surface area contributed by atoms with Crippen LogP contribution in [0.4, 0.5) is 14.5 Å².